The molecule has 2 fully saturated rings. The predicted molar refractivity (Wildman–Crippen MR) is 92.0 cm³/mol. The number of rotatable bonds is 1. The van der Waals surface area contributed by atoms with E-state index in [1.165, 1.54) is 0 Å². The molecule has 0 aromatic carbocycles. The van der Waals surface area contributed by atoms with Gasteiger partial charge in [0.15, 0.2) is 0 Å². The molecule has 0 radical (unpaired) electrons. The molecule has 5 N–H and O–H groups in total. The second-order valence-electron chi connectivity index (χ2n) is 8.74. The van der Waals surface area contributed by atoms with Gasteiger partial charge in [0, 0.05) is 11.6 Å². The van der Waals surface area contributed by atoms with Crippen LogP contribution in [-0.2, 0) is 14.4 Å². The van der Waals surface area contributed by atoms with Crippen LogP contribution in [0.4, 0.5) is 0 Å². The molecule has 2 rings (SSSR count). The van der Waals surface area contributed by atoms with Gasteiger partial charge in [0.2, 0.25) is 0 Å². The van der Waals surface area contributed by atoms with Gasteiger partial charge in [-0.2, -0.15) is 9.59 Å². The van der Waals surface area contributed by atoms with Crippen molar-refractivity contribution >= 4 is 12.1 Å². The van der Waals surface area contributed by atoms with Crippen LogP contribution in [0.25, 0.3) is 0 Å². The SMILES string of the molecule is CC1(C)C(N)CC[C@@]1(C)N.CC1(C)CCC[C@@]1(C)C(=O)O.O=C=O. The van der Waals surface area contributed by atoms with E-state index in [4.69, 9.17) is 26.2 Å². The van der Waals surface area contributed by atoms with Gasteiger partial charge in [0.05, 0.1) is 5.41 Å². The smallest absolute Gasteiger partial charge is 0.373 e. The Morgan fingerprint density at radius 2 is 1.50 bits per heavy atom. The molecule has 0 heterocycles. The van der Waals surface area contributed by atoms with Crippen LogP contribution in [-0.4, -0.2) is 28.8 Å². The molecule has 0 spiro atoms. The van der Waals surface area contributed by atoms with E-state index in [-0.39, 0.29) is 28.6 Å². The summed E-state index contributed by atoms with van der Waals surface area (Å²) in [6.45, 7) is 12.4. The highest BCUT2D eigenvalue weighted by atomic mass is 16.4. The molecular weight excluding hydrogens is 308 g/mol. The molecule has 0 amide bonds. The molecule has 0 bridgehead atoms. The summed E-state index contributed by atoms with van der Waals surface area (Å²) in [6.07, 6.45) is 5.29. The van der Waals surface area contributed by atoms with Crippen LogP contribution in [0.3, 0.4) is 0 Å². The molecule has 0 aromatic heterocycles. The minimum Gasteiger partial charge on any atom is -0.481 e. The third-order valence-electron chi connectivity index (χ3n) is 6.82. The van der Waals surface area contributed by atoms with Crippen LogP contribution in [0, 0.1) is 16.2 Å². The summed E-state index contributed by atoms with van der Waals surface area (Å²) in [7, 11) is 0. The van der Waals surface area contributed by atoms with Gasteiger partial charge in [0.1, 0.15) is 0 Å². The summed E-state index contributed by atoms with van der Waals surface area (Å²) in [5, 5.41) is 9.01. The lowest BCUT2D eigenvalue weighted by molar-refractivity contribution is -0.191. The quantitative estimate of drug-likeness (QED) is 0.673. The van der Waals surface area contributed by atoms with Crippen molar-refractivity contribution in [2.24, 2.45) is 27.7 Å². The Morgan fingerprint density at radius 1 is 1.04 bits per heavy atom. The summed E-state index contributed by atoms with van der Waals surface area (Å²) in [4.78, 5) is 27.2. The fourth-order valence-corrected chi connectivity index (χ4v) is 3.46. The van der Waals surface area contributed by atoms with Crippen LogP contribution in [0.15, 0.2) is 0 Å². The van der Waals surface area contributed by atoms with Crippen molar-refractivity contribution in [2.45, 2.75) is 85.2 Å². The van der Waals surface area contributed by atoms with Crippen molar-refractivity contribution in [1.82, 2.24) is 0 Å². The van der Waals surface area contributed by atoms with Crippen molar-refractivity contribution in [3.05, 3.63) is 0 Å². The molecule has 0 saturated heterocycles. The number of nitrogens with two attached hydrogens (primary N) is 2. The number of carboxylic acids is 1. The zero-order valence-electron chi connectivity index (χ0n) is 15.9. The first-order valence-electron chi connectivity index (χ1n) is 8.47. The third kappa shape index (κ3) is 4.44. The number of aliphatic carboxylic acids is 1. The molecule has 0 aliphatic heterocycles. The van der Waals surface area contributed by atoms with Crippen molar-refractivity contribution in [2.75, 3.05) is 0 Å². The Hall–Kier alpha value is -1.23. The lowest BCUT2D eigenvalue weighted by Gasteiger charge is -2.37. The zero-order valence-corrected chi connectivity index (χ0v) is 15.9. The summed E-state index contributed by atoms with van der Waals surface area (Å²) >= 11 is 0. The molecule has 1 unspecified atom stereocenters. The first-order chi connectivity index (χ1) is 10.7. The standard InChI is InChI=1S/C9H16O2.C8H18N2.CO2/c1-8(2)5-4-6-9(8,3)7(10)11;1-7(2)6(9)4-5-8(7,3)10;2-1-3/h4-6H2,1-3H3,(H,10,11);6H,4-5,9-10H2,1-3H3;/t9-;6?,8-;/m01./s1. The minimum absolute atomic E-state index is 0.0289. The minimum atomic E-state index is -0.639. The van der Waals surface area contributed by atoms with E-state index in [0.717, 1.165) is 32.1 Å². The molecule has 2 aliphatic rings. The van der Waals surface area contributed by atoms with Crippen LogP contribution in [0.2, 0.25) is 0 Å². The molecule has 2 saturated carbocycles. The molecule has 0 aromatic rings. The van der Waals surface area contributed by atoms with Gasteiger partial charge in [-0.3, -0.25) is 4.79 Å². The van der Waals surface area contributed by atoms with Gasteiger partial charge in [0.25, 0.3) is 0 Å². The van der Waals surface area contributed by atoms with Crippen LogP contribution in [0.5, 0.6) is 0 Å². The Bertz CT molecular complexity index is 479. The van der Waals surface area contributed by atoms with Crippen LogP contribution < -0.4 is 11.5 Å². The average molecular weight is 342 g/mol. The zero-order chi connectivity index (χ0) is 19.4. The van der Waals surface area contributed by atoms with Crippen molar-refractivity contribution in [3.63, 3.8) is 0 Å². The van der Waals surface area contributed by atoms with Gasteiger partial charge in [-0.15, -0.1) is 0 Å². The second kappa shape index (κ2) is 7.77. The predicted octanol–water partition coefficient (Wildman–Crippen LogP) is 2.55. The van der Waals surface area contributed by atoms with E-state index >= 15 is 0 Å². The maximum absolute atomic E-state index is 10.9. The summed E-state index contributed by atoms with van der Waals surface area (Å²) < 4.78 is 0. The highest BCUT2D eigenvalue weighted by Crippen LogP contribution is 2.52. The Morgan fingerprint density at radius 3 is 1.62 bits per heavy atom. The first kappa shape index (κ1) is 22.8. The number of hydrogen-bond acceptors (Lipinski definition) is 5. The van der Waals surface area contributed by atoms with E-state index in [9.17, 15) is 4.79 Å². The van der Waals surface area contributed by atoms with E-state index in [0.29, 0.717) is 0 Å². The normalized spacial score (nSPS) is 35.8. The Kier molecular flexibility index (Phi) is 7.37. The van der Waals surface area contributed by atoms with E-state index < -0.39 is 11.4 Å². The van der Waals surface area contributed by atoms with Gasteiger partial charge >= 0.3 is 12.1 Å². The highest BCUT2D eigenvalue weighted by Gasteiger charge is 2.50. The molecule has 6 nitrogen and oxygen atoms in total. The lowest BCUT2D eigenvalue weighted by atomic mass is 9.69. The Labute approximate surface area is 145 Å². The first-order valence-corrected chi connectivity index (χ1v) is 8.47. The number of carbonyl (C=O) groups is 1. The van der Waals surface area contributed by atoms with Gasteiger partial charge < -0.3 is 16.6 Å². The largest absolute Gasteiger partial charge is 0.481 e. The molecular formula is C18H34N2O4. The van der Waals surface area contributed by atoms with Crippen LogP contribution >= 0.6 is 0 Å². The van der Waals surface area contributed by atoms with Crippen molar-refractivity contribution in [1.29, 1.82) is 0 Å². The maximum atomic E-state index is 10.9. The number of hydrogen-bond donors (Lipinski definition) is 3. The number of carbonyl (C=O) groups excluding carboxylic acids is 2. The summed E-state index contributed by atoms with van der Waals surface area (Å²) in [6, 6.07) is 0.280. The van der Waals surface area contributed by atoms with Crippen molar-refractivity contribution < 1.29 is 19.5 Å². The fraction of sp³-hybridized carbons (Fsp3) is 0.889. The Balaban J connectivity index is 0.000000381. The van der Waals surface area contributed by atoms with Crippen molar-refractivity contribution in [3.8, 4) is 0 Å². The summed E-state index contributed by atoms with van der Waals surface area (Å²) in [5.74, 6) is -0.639. The number of carboxylic acid groups (broad SMARTS) is 1. The molecule has 2 aliphatic carbocycles. The molecule has 3 atom stereocenters. The third-order valence-corrected chi connectivity index (χ3v) is 6.82. The lowest BCUT2D eigenvalue weighted by Crippen LogP contribution is -2.51. The topological polar surface area (TPSA) is 123 Å². The van der Waals surface area contributed by atoms with Gasteiger partial charge in [-0.1, -0.05) is 34.1 Å². The fourth-order valence-electron chi connectivity index (χ4n) is 3.46. The highest BCUT2D eigenvalue weighted by molar-refractivity contribution is 5.75. The average Bonchev–Trinajstić information content (AvgIpc) is 2.81. The van der Waals surface area contributed by atoms with Crippen LogP contribution in [0.1, 0.15) is 73.6 Å². The summed E-state index contributed by atoms with van der Waals surface area (Å²) in [5.41, 5.74) is 11.5. The van der Waals surface area contributed by atoms with E-state index in [1.807, 2.05) is 20.8 Å². The van der Waals surface area contributed by atoms with E-state index in [2.05, 4.69) is 20.8 Å². The second-order valence-corrected chi connectivity index (χ2v) is 8.74. The molecule has 24 heavy (non-hydrogen) atoms. The maximum Gasteiger partial charge on any atom is 0.373 e. The van der Waals surface area contributed by atoms with Gasteiger partial charge in [-0.25, -0.2) is 0 Å². The molecule has 6 heteroatoms. The monoisotopic (exact) mass is 342 g/mol. The molecule has 140 valence electrons. The van der Waals surface area contributed by atoms with Gasteiger partial charge in [-0.05, 0) is 50.4 Å². The van der Waals surface area contributed by atoms with E-state index in [1.54, 1.807) is 0 Å².